The van der Waals surface area contributed by atoms with Crippen LogP contribution in [0.4, 0.5) is 5.69 Å². The fraction of sp³-hybridized carbons (Fsp3) is 0.571. The molecule has 1 aromatic rings. The van der Waals surface area contributed by atoms with Gasteiger partial charge in [0.25, 0.3) is 0 Å². The number of methoxy groups -OCH3 is 1. The summed E-state index contributed by atoms with van der Waals surface area (Å²) in [4.78, 5) is 2.44. The van der Waals surface area contributed by atoms with Crippen LogP contribution in [0.2, 0.25) is 0 Å². The van der Waals surface area contributed by atoms with Crippen LogP contribution >= 0.6 is 15.9 Å². The molecule has 0 aliphatic carbocycles. The summed E-state index contributed by atoms with van der Waals surface area (Å²) in [7, 11) is 1.78. The van der Waals surface area contributed by atoms with Crippen molar-refractivity contribution in [3.05, 3.63) is 28.2 Å². The van der Waals surface area contributed by atoms with Gasteiger partial charge in [-0.1, -0.05) is 6.07 Å². The molecule has 1 saturated heterocycles. The lowest BCUT2D eigenvalue weighted by Gasteiger charge is -2.34. The van der Waals surface area contributed by atoms with Gasteiger partial charge in [0.05, 0.1) is 12.3 Å². The summed E-state index contributed by atoms with van der Waals surface area (Å²) in [5, 5.41) is 0. The lowest BCUT2D eigenvalue weighted by molar-refractivity contribution is 0.143. The summed E-state index contributed by atoms with van der Waals surface area (Å²) in [6.07, 6.45) is 2.50. The van der Waals surface area contributed by atoms with Crippen molar-refractivity contribution in [1.29, 1.82) is 0 Å². The maximum absolute atomic E-state index is 5.66. The summed E-state index contributed by atoms with van der Waals surface area (Å²) in [5.74, 6) is 0.643. The van der Waals surface area contributed by atoms with Gasteiger partial charge in [-0.3, -0.25) is 0 Å². The Labute approximate surface area is 117 Å². The number of anilines is 1. The Bertz CT molecular complexity index is 395. The molecule has 0 radical (unpaired) electrons. The summed E-state index contributed by atoms with van der Waals surface area (Å²) < 4.78 is 6.42. The van der Waals surface area contributed by atoms with Crippen LogP contribution in [-0.4, -0.2) is 26.8 Å². The van der Waals surface area contributed by atoms with Crippen LogP contribution in [0.3, 0.4) is 0 Å². The SMILES string of the molecule is COCC1CCCN(c2ccc(CN)cc2Br)C1. The Balaban J connectivity index is 2.10. The second-order valence-electron chi connectivity index (χ2n) is 4.90. The Hall–Kier alpha value is -0.580. The normalized spacial score (nSPS) is 20.2. The smallest absolute Gasteiger partial charge is 0.0510 e. The van der Waals surface area contributed by atoms with Gasteiger partial charge in [-0.2, -0.15) is 0 Å². The second-order valence-corrected chi connectivity index (χ2v) is 5.75. The lowest BCUT2D eigenvalue weighted by atomic mass is 9.98. The van der Waals surface area contributed by atoms with Crippen molar-refractivity contribution in [2.75, 3.05) is 31.7 Å². The number of piperidine rings is 1. The summed E-state index contributed by atoms with van der Waals surface area (Å²) in [6.45, 7) is 3.65. The largest absolute Gasteiger partial charge is 0.384 e. The van der Waals surface area contributed by atoms with Gasteiger partial charge in [0, 0.05) is 31.2 Å². The van der Waals surface area contributed by atoms with Crippen LogP contribution in [-0.2, 0) is 11.3 Å². The van der Waals surface area contributed by atoms with Crippen molar-refractivity contribution in [3.8, 4) is 0 Å². The van der Waals surface area contributed by atoms with Crippen molar-refractivity contribution < 1.29 is 4.74 Å². The van der Waals surface area contributed by atoms with Crippen molar-refractivity contribution in [2.45, 2.75) is 19.4 Å². The minimum atomic E-state index is 0.588. The van der Waals surface area contributed by atoms with Crippen molar-refractivity contribution >= 4 is 21.6 Å². The van der Waals surface area contributed by atoms with E-state index in [1.54, 1.807) is 7.11 Å². The van der Waals surface area contributed by atoms with E-state index in [2.05, 4.69) is 39.0 Å². The summed E-state index contributed by atoms with van der Waals surface area (Å²) in [5.41, 5.74) is 8.09. The van der Waals surface area contributed by atoms with E-state index in [0.717, 1.165) is 29.7 Å². The molecule has 0 spiro atoms. The predicted octanol–water partition coefficient (Wildman–Crippen LogP) is 2.77. The molecule has 100 valence electrons. The van der Waals surface area contributed by atoms with Crippen LogP contribution in [0.1, 0.15) is 18.4 Å². The molecule has 3 nitrogen and oxygen atoms in total. The molecule has 1 unspecified atom stereocenters. The molecular weight excluding hydrogens is 292 g/mol. The van der Waals surface area contributed by atoms with Gasteiger partial charge in [0.15, 0.2) is 0 Å². The Morgan fingerprint density at radius 3 is 3.00 bits per heavy atom. The van der Waals surface area contributed by atoms with Crippen molar-refractivity contribution in [3.63, 3.8) is 0 Å². The van der Waals surface area contributed by atoms with Crippen LogP contribution in [0.5, 0.6) is 0 Å². The number of halogens is 1. The van der Waals surface area contributed by atoms with Gasteiger partial charge in [0.1, 0.15) is 0 Å². The first-order chi connectivity index (χ1) is 8.74. The average molecular weight is 313 g/mol. The molecule has 1 heterocycles. The molecule has 0 aromatic heterocycles. The molecule has 1 fully saturated rings. The van der Waals surface area contributed by atoms with E-state index >= 15 is 0 Å². The third-order valence-corrected chi connectivity index (χ3v) is 4.14. The van der Waals surface area contributed by atoms with Crippen molar-refractivity contribution in [1.82, 2.24) is 0 Å². The third kappa shape index (κ3) is 3.25. The molecule has 1 atom stereocenters. The zero-order chi connectivity index (χ0) is 13.0. The minimum Gasteiger partial charge on any atom is -0.384 e. The topological polar surface area (TPSA) is 38.5 Å². The standard InChI is InChI=1S/C14H21BrN2O/c1-18-10-12-3-2-6-17(9-12)14-5-4-11(8-16)7-13(14)15/h4-5,7,12H,2-3,6,8-10,16H2,1H3. The number of rotatable bonds is 4. The maximum atomic E-state index is 5.66. The number of benzene rings is 1. The highest BCUT2D eigenvalue weighted by molar-refractivity contribution is 9.10. The molecule has 0 saturated carbocycles. The Kier molecular flexibility index (Phi) is 5.03. The zero-order valence-electron chi connectivity index (χ0n) is 10.9. The van der Waals surface area contributed by atoms with E-state index in [1.165, 1.54) is 18.5 Å². The summed E-state index contributed by atoms with van der Waals surface area (Å²) >= 11 is 3.65. The van der Waals surface area contributed by atoms with Gasteiger partial charge >= 0.3 is 0 Å². The van der Waals surface area contributed by atoms with Crippen LogP contribution in [0, 0.1) is 5.92 Å². The van der Waals surface area contributed by atoms with Crippen molar-refractivity contribution in [2.24, 2.45) is 11.7 Å². The van der Waals surface area contributed by atoms with E-state index in [1.807, 2.05) is 0 Å². The Morgan fingerprint density at radius 1 is 1.50 bits per heavy atom. The Morgan fingerprint density at radius 2 is 2.33 bits per heavy atom. The molecule has 0 bridgehead atoms. The predicted molar refractivity (Wildman–Crippen MR) is 78.8 cm³/mol. The third-order valence-electron chi connectivity index (χ3n) is 3.51. The average Bonchev–Trinajstić information content (AvgIpc) is 2.39. The molecule has 4 heteroatoms. The van der Waals surface area contributed by atoms with E-state index < -0.39 is 0 Å². The molecule has 1 aliphatic heterocycles. The second kappa shape index (κ2) is 6.55. The first kappa shape index (κ1) is 13.8. The van der Waals surface area contributed by atoms with Gasteiger partial charge in [0.2, 0.25) is 0 Å². The summed E-state index contributed by atoms with van der Waals surface area (Å²) in [6, 6.07) is 6.40. The lowest BCUT2D eigenvalue weighted by Crippen LogP contribution is -2.37. The van der Waals surface area contributed by atoms with Crippen LogP contribution in [0.15, 0.2) is 22.7 Å². The van der Waals surface area contributed by atoms with E-state index in [4.69, 9.17) is 10.5 Å². The highest BCUT2D eigenvalue weighted by atomic mass is 79.9. The molecule has 1 aliphatic rings. The zero-order valence-corrected chi connectivity index (χ0v) is 12.4. The van der Waals surface area contributed by atoms with Gasteiger partial charge in [-0.05, 0) is 52.4 Å². The fourth-order valence-electron chi connectivity index (χ4n) is 2.59. The van der Waals surface area contributed by atoms with E-state index in [-0.39, 0.29) is 0 Å². The molecule has 1 aromatic carbocycles. The minimum absolute atomic E-state index is 0.588. The monoisotopic (exact) mass is 312 g/mol. The number of hydrogen-bond acceptors (Lipinski definition) is 3. The first-order valence-corrected chi connectivity index (χ1v) is 7.26. The quantitative estimate of drug-likeness (QED) is 0.929. The van der Waals surface area contributed by atoms with Crippen LogP contribution in [0.25, 0.3) is 0 Å². The number of nitrogens with zero attached hydrogens (tertiary/aromatic N) is 1. The number of ether oxygens (including phenoxy) is 1. The van der Waals surface area contributed by atoms with Gasteiger partial charge in [-0.15, -0.1) is 0 Å². The number of hydrogen-bond donors (Lipinski definition) is 1. The molecule has 0 amide bonds. The molecular formula is C14H21BrN2O. The number of nitrogens with two attached hydrogens (primary N) is 1. The molecule has 2 N–H and O–H groups in total. The van der Waals surface area contributed by atoms with Gasteiger partial charge < -0.3 is 15.4 Å². The maximum Gasteiger partial charge on any atom is 0.0510 e. The molecule has 18 heavy (non-hydrogen) atoms. The van der Waals surface area contributed by atoms with Gasteiger partial charge in [-0.25, -0.2) is 0 Å². The first-order valence-electron chi connectivity index (χ1n) is 6.47. The molecule has 2 rings (SSSR count). The highest BCUT2D eigenvalue weighted by Crippen LogP contribution is 2.30. The van der Waals surface area contributed by atoms with E-state index in [9.17, 15) is 0 Å². The van der Waals surface area contributed by atoms with Crippen LogP contribution < -0.4 is 10.6 Å². The fourth-order valence-corrected chi connectivity index (χ4v) is 3.27. The van der Waals surface area contributed by atoms with E-state index in [0.29, 0.717) is 12.5 Å². The highest BCUT2D eigenvalue weighted by Gasteiger charge is 2.21.